The number of amides is 1. The van der Waals surface area contributed by atoms with Crippen LogP contribution in [0.1, 0.15) is 42.8 Å². The predicted octanol–water partition coefficient (Wildman–Crippen LogP) is 4.99. The molecular formula is C25H33F3N4O2S. The lowest BCUT2D eigenvalue weighted by Gasteiger charge is -2.33. The van der Waals surface area contributed by atoms with Gasteiger partial charge in [0.15, 0.2) is 0 Å². The molecule has 2 aliphatic rings. The second-order valence-electron chi connectivity index (χ2n) is 9.46. The number of thiazole rings is 1. The average Bonchev–Trinajstić information content (AvgIpc) is 3.24. The molecule has 0 spiro atoms. The minimum Gasteiger partial charge on any atom is -0.406 e. The molecule has 0 aliphatic carbocycles. The highest BCUT2D eigenvalue weighted by Gasteiger charge is 2.31. The van der Waals surface area contributed by atoms with E-state index < -0.39 is 6.36 Å². The number of nitrogens with zero attached hydrogens (tertiary/aromatic N) is 3. The van der Waals surface area contributed by atoms with Gasteiger partial charge in [-0.3, -0.25) is 9.69 Å². The van der Waals surface area contributed by atoms with E-state index >= 15 is 0 Å². The van der Waals surface area contributed by atoms with Crippen molar-refractivity contribution in [2.75, 3.05) is 37.6 Å². The van der Waals surface area contributed by atoms with E-state index in [2.05, 4.69) is 30.2 Å². The molecule has 4 rings (SSSR count). The van der Waals surface area contributed by atoms with Gasteiger partial charge in [-0.25, -0.2) is 4.98 Å². The smallest absolute Gasteiger partial charge is 0.406 e. The largest absolute Gasteiger partial charge is 0.573 e. The monoisotopic (exact) mass is 510 g/mol. The minimum atomic E-state index is -4.69. The molecular weight excluding hydrogens is 477 g/mol. The lowest BCUT2D eigenvalue weighted by molar-refractivity contribution is -0.274. The third-order valence-electron chi connectivity index (χ3n) is 6.91. The number of ether oxygens (including phenoxy) is 1. The number of aromatic nitrogens is 1. The molecule has 2 fully saturated rings. The summed E-state index contributed by atoms with van der Waals surface area (Å²) in [5.74, 6) is 0.531. The first kappa shape index (κ1) is 25.8. The first-order valence-electron chi connectivity index (χ1n) is 12.3. The van der Waals surface area contributed by atoms with Crippen LogP contribution in [-0.2, 0) is 11.3 Å². The summed E-state index contributed by atoms with van der Waals surface area (Å²) in [5.41, 5.74) is 2.01. The van der Waals surface area contributed by atoms with E-state index in [1.54, 1.807) is 23.5 Å². The molecule has 1 N–H and O–H groups in total. The summed E-state index contributed by atoms with van der Waals surface area (Å²) in [5, 5.41) is 6.39. The number of anilines is 1. The van der Waals surface area contributed by atoms with Gasteiger partial charge < -0.3 is 15.0 Å². The summed E-state index contributed by atoms with van der Waals surface area (Å²) >= 11 is 1.70. The summed E-state index contributed by atoms with van der Waals surface area (Å²) in [6, 6.07) is 5.91. The lowest BCUT2D eigenvalue weighted by Crippen LogP contribution is -2.41. The third-order valence-corrected chi connectivity index (χ3v) is 7.73. The fourth-order valence-electron chi connectivity index (χ4n) is 4.95. The zero-order chi connectivity index (χ0) is 24.8. The van der Waals surface area contributed by atoms with E-state index in [0.29, 0.717) is 19.0 Å². The van der Waals surface area contributed by atoms with Crippen molar-refractivity contribution in [2.45, 2.75) is 51.9 Å². The minimum absolute atomic E-state index is 0.0116. The van der Waals surface area contributed by atoms with E-state index in [1.807, 2.05) is 6.92 Å². The van der Waals surface area contributed by atoms with Crippen LogP contribution in [0.25, 0.3) is 0 Å². The molecule has 2 saturated heterocycles. The lowest BCUT2D eigenvalue weighted by atomic mass is 9.92. The number of carbonyl (C=O) groups excluding carboxylic acids is 1. The number of aryl methyl sites for hydroxylation is 1. The van der Waals surface area contributed by atoms with Gasteiger partial charge in [-0.2, -0.15) is 0 Å². The molecule has 0 unspecified atom stereocenters. The molecule has 2 aliphatic heterocycles. The molecule has 6 nitrogen and oxygen atoms in total. The van der Waals surface area contributed by atoms with Gasteiger partial charge in [-0.1, -0.05) is 0 Å². The van der Waals surface area contributed by atoms with Crippen molar-refractivity contribution in [3.05, 3.63) is 40.3 Å². The van der Waals surface area contributed by atoms with Crippen LogP contribution in [0.3, 0.4) is 0 Å². The highest BCUT2D eigenvalue weighted by Crippen LogP contribution is 2.28. The third kappa shape index (κ3) is 7.83. The zero-order valence-corrected chi connectivity index (χ0v) is 20.8. The average molecular weight is 511 g/mol. The number of halogens is 3. The predicted molar refractivity (Wildman–Crippen MR) is 131 cm³/mol. The molecule has 1 aromatic carbocycles. The first-order valence-corrected chi connectivity index (χ1v) is 13.1. The van der Waals surface area contributed by atoms with Crippen LogP contribution in [0.15, 0.2) is 29.6 Å². The van der Waals surface area contributed by atoms with Crippen molar-refractivity contribution in [1.29, 1.82) is 0 Å². The Hall–Kier alpha value is -2.33. The quantitative estimate of drug-likeness (QED) is 0.543. The number of piperidine rings is 2. The topological polar surface area (TPSA) is 57.7 Å². The Labute approximate surface area is 208 Å². The molecule has 10 heteroatoms. The van der Waals surface area contributed by atoms with Crippen molar-refractivity contribution >= 4 is 22.9 Å². The van der Waals surface area contributed by atoms with Crippen LogP contribution in [-0.4, -0.2) is 54.9 Å². The molecule has 0 radical (unpaired) electrons. The van der Waals surface area contributed by atoms with Gasteiger partial charge in [0.05, 0.1) is 10.7 Å². The number of rotatable bonds is 8. The van der Waals surface area contributed by atoms with Crippen LogP contribution in [0.2, 0.25) is 0 Å². The van der Waals surface area contributed by atoms with Crippen molar-refractivity contribution < 1.29 is 22.7 Å². The van der Waals surface area contributed by atoms with E-state index in [1.165, 1.54) is 12.1 Å². The maximum Gasteiger partial charge on any atom is 0.573 e. The second-order valence-corrected chi connectivity index (χ2v) is 10.5. The van der Waals surface area contributed by atoms with Crippen LogP contribution in [0, 0.1) is 18.8 Å². The van der Waals surface area contributed by atoms with Gasteiger partial charge >= 0.3 is 6.36 Å². The fourth-order valence-corrected chi connectivity index (χ4v) is 5.55. The summed E-state index contributed by atoms with van der Waals surface area (Å²) < 4.78 is 40.9. The summed E-state index contributed by atoms with van der Waals surface area (Å²) in [4.78, 5) is 21.8. The highest BCUT2D eigenvalue weighted by molar-refractivity contribution is 7.09. The molecule has 0 saturated carbocycles. The Kier molecular flexibility index (Phi) is 8.54. The van der Waals surface area contributed by atoms with Crippen LogP contribution < -0.4 is 15.0 Å². The SMILES string of the molecule is Cc1nc(CN2CCC(CCNC(=O)C3CCN(c4ccc(OC(F)(F)F)cc4)CC3)CC2)cs1. The number of hydrogen-bond acceptors (Lipinski definition) is 6. The Bertz CT molecular complexity index is 950. The van der Waals surface area contributed by atoms with Crippen molar-refractivity contribution in [2.24, 2.45) is 11.8 Å². The Morgan fingerprint density at radius 1 is 1.11 bits per heavy atom. The number of nitrogens with one attached hydrogen (secondary N) is 1. The molecule has 3 heterocycles. The molecule has 1 amide bonds. The van der Waals surface area contributed by atoms with Crippen LogP contribution >= 0.6 is 11.3 Å². The normalized spacial score (nSPS) is 18.6. The van der Waals surface area contributed by atoms with Crippen LogP contribution in [0.5, 0.6) is 5.75 Å². The van der Waals surface area contributed by atoms with Gasteiger partial charge in [0.2, 0.25) is 5.91 Å². The Morgan fingerprint density at radius 2 is 1.80 bits per heavy atom. The molecule has 0 atom stereocenters. The highest BCUT2D eigenvalue weighted by atomic mass is 32.1. The summed E-state index contributed by atoms with van der Waals surface area (Å²) in [6.07, 6.45) is 0.114. The molecule has 35 heavy (non-hydrogen) atoms. The van der Waals surface area contributed by atoms with E-state index in [9.17, 15) is 18.0 Å². The molecule has 0 bridgehead atoms. The number of alkyl halides is 3. The number of hydrogen-bond donors (Lipinski definition) is 1. The standard InChI is InChI=1S/C25H33F3N4O2S/c1-18-30-21(17-35-18)16-31-12-7-19(8-13-31)6-11-29-24(33)20-9-14-32(15-10-20)22-2-4-23(5-3-22)34-25(26,27)28/h2-5,17,19-20H,6-16H2,1H3,(H,29,33). The van der Waals surface area contributed by atoms with Gasteiger partial charge in [-0.15, -0.1) is 24.5 Å². The molecule has 1 aromatic heterocycles. The van der Waals surface area contributed by atoms with Gasteiger partial charge in [-0.05, 0) is 82.3 Å². The fraction of sp³-hybridized carbons (Fsp3) is 0.600. The maximum atomic E-state index is 12.7. The molecule has 2 aromatic rings. The van der Waals surface area contributed by atoms with Crippen molar-refractivity contribution in [3.63, 3.8) is 0 Å². The number of carbonyl (C=O) groups is 1. The second kappa shape index (κ2) is 11.6. The Balaban J connectivity index is 1.11. The van der Waals surface area contributed by atoms with E-state index in [-0.39, 0.29) is 17.6 Å². The zero-order valence-electron chi connectivity index (χ0n) is 20.0. The molecule has 192 valence electrons. The maximum absolute atomic E-state index is 12.7. The Morgan fingerprint density at radius 3 is 2.40 bits per heavy atom. The number of likely N-dealkylation sites (tertiary alicyclic amines) is 1. The van der Waals surface area contributed by atoms with Gasteiger partial charge in [0.25, 0.3) is 0 Å². The van der Waals surface area contributed by atoms with Crippen LogP contribution in [0.4, 0.5) is 18.9 Å². The van der Waals surface area contributed by atoms with Crippen molar-refractivity contribution in [3.8, 4) is 5.75 Å². The van der Waals surface area contributed by atoms with Crippen molar-refractivity contribution in [1.82, 2.24) is 15.2 Å². The number of benzene rings is 1. The first-order chi connectivity index (χ1) is 16.7. The van der Waals surface area contributed by atoms with E-state index in [0.717, 1.165) is 74.7 Å². The van der Waals surface area contributed by atoms with Gasteiger partial charge in [0.1, 0.15) is 5.75 Å². The van der Waals surface area contributed by atoms with Gasteiger partial charge in [0, 0.05) is 43.2 Å². The van der Waals surface area contributed by atoms with E-state index in [4.69, 9.17) is 0 Å². The summed E-state index contributed by atoms with van der Waals surface area (Å²) in [6.45, 7) is 7.25. The summed E-state index contributed by atoms with van der Waals surface area (Å²) in [7, 11) is 0.